The van der Waals surface area contributed by atoms with Crippen molar-refractivity contribution in [1.29, 1.82) is 0 Å². The van der Waals surface area contributed by atoms with Gasteiger partial charge >= 0.3 is 0 Å². The van der Waals surface area contributed by atoms with Crippen LogP contribution in [0.1, 0.15) is 18.4 Å². The van der Waals surface area contributed by atoms with Gasteiger partial charge in [-0.15, -0.1) is 0 Å². The molecule has 1 fully saturated rings. The lowest BCUT2D eigenvalue weighted by Crippen LogP contribution is -2.43. The van der Waals surface area contributed by atoms with Crippen molar-refractivity contribution >= 4 is 27.5 Å². The molecule has 2 atom stereocenters. The number of nitrogens with two attached hydrogens (primary N) is 1. The lowest BCUT2D eigenvalue weighted by molar-refractivity contribution is -0.117. The minimum Gasteiger partial charge on any atom is -0.325 e. The molecular formula is C12H13BrN2O. The summed E-state index contributed by atoms with van der Waals surface area (Å²) < 4.78 is 1.07. The van der Waals surface area contributed by atoms with E-state index in [-0.39, 0.29) is 18.0 Å². The number of aryl methyl sites for hydroxylation is 1. The quantitative estimate of drug-likeness (QED) is 0.788. The molecule has 1 aromatic carbocycles. The van der Waals surface area contributed by atoms with E-state index < -0.39 is 0 Å². The van der Waals surface area contributed by atoms with E-state index in [1.54, 1.807) is 0 Å². The van der Waals surface area contributed by atoms with Crippen LogP contribution in [0.25, 0.3) is 0 Å². The molecule has 1 aromatic rings. The van der Waals surface area contributed by atoms with Crippen LogP contribution in [0, 0.1) is 0 Å². The fourth-order valence-electron chi connectivity index (χ4n) is 2.76. The van der Waals surface area contributed by atoms with Gasteiger partial charge in [-0.1, -0.05) is 15.9 Å². The highest BCUT2D eigenvalue weighted by molar-refractivity contribution is 9.10. The standard InChI is InChI=1S/C12H13BrN2O/c13-8-2-4-10-7(5-8)1-3-11-9(14)6-12(16)15(10)11/h2,4-5,9,11H,1,3,6,14H2. The molecule has 2 heterocycles. The predicted octanol–water partition coefficient (Wildman–Crippen LogP) is 1.83. The predicted molar refractivity (Wildman–Crippen MR) is 66.3 cm³/mol. The van der Waals surface area contributed by atoms with Crippen molar-refractivity contribution in [3.05, 3.63) is 28.2 Å². The lowest BCUT2D eigenvalue weighted by Gasteiger charge is -2.33. The van der Waals surface area contributed by atoms with E-state index in [2.05, 4.69) is 22.0 Å². The molecule has 2 unspecified atom stereocenters. The third-order valence-electron chi connectivity index (χ3n) is 3.52. The van der Waals surface area contributed by atoms with Crippen molar-refractivity contribution in [3.63, 3.8) is 0 Å². The number of carbonyl (C=O) groups is 1. The first-order valence-electron chi connectivity index (χ1n) is 5.53. The summed E-state index contributed by atoms with van der Waals surface area (Å²) in [5.41, 5.74) is 8.29. The Kier molecular flexibility index (Phi) is 2.30. The summed E-state index contributed by atoms with van der Waals surface area (Å²) in [6.45, 7) is 0. The Hall–Kier alpha value is -0.870. The van der Waals surface area contributed by atoms with E-state index in [9.17, 15) is 4.79 Å². The van der Waals surface area contributed by atoms with Gasteiger partial charge in [-0.05, 0) is 36.6 Å². The number of halogens is 1. The van der Waals surface area contributed by atoms with Crippen molar-refractivity contribution in [2.24, 2.45) is 5.73 Å². The number of hydrogen-bond donors (Lipinski definition) is 1. The minimum absolute atomic E-state index is 0.00398. The molecule has 0 bridgehead atoms. The molecule has 2 aliphatic rings. The number of hydrogen-bond acceptors (Lipinski definition) is 2. The maximum absolute atomic E-state index is 11.9. The molecule has 0 aromatic heterocycles. The zero-order valence-corrected chi connectivity index (χ0v) is 10.4. The van der Waals surface area contributed by atoms with E-state index in [1.165, 1.54) is 5.56 Å². The molecule has 0 spiro atoms. The van der Waals surface area contributed by atoms with Gasteiger partial charge in [0.15, 0.2) is 0 Å². The highest BCUT2D eigenvalue weighted by Gasteiger charge is 2.41. The largest absolute Gasteiger partial charge is 0.325 e. The highest BCUT2D eigenvalue weighted by atomic mass is 79.9. The van der Waals surface area contributed by atoms with E-state index >= 15 is 0 Å². The molecule has 16 heavy (non-hydrogen) atoms. The second kappa shape index (κ2) is 3.57. The minimum atomic E-state index is 0.00398. The van der Waals surface area contributed by atoms with Crippen LogP contribution in [0.5, 0.6) is 0 Å². The van der Waals surface area contributed by atoms with E-state index in [0.29, 0.717) is 6.42 Å². The molecule has 2 N–H and O–H groups in total. The van der Waals surface area contributed by atoms with Gasteiger partial charge in [0, 0.05) is 22.6 Å². The fraction of sp³-hybridized carbons (Fsp3) is 0.417. The number of rotatable bonds is 0. The summed E-state index contributed by atoms with van der Waals surface area (Å²) in [5, 5.41) is 0. The Bertz CT molecular complexity index is 460. The van der Waals surface area contributed by atoms with Crippen LogP contribution in [-0.2, 0) is 11.2 Å². The molecule has 0 aliphatic carbocycles. The van der Waals surface area contributed by atoms with Gasteiger partial charge in [0.05, 0.1) is 6.04 Å². The summed E-state index contributed by atoms with van der Waals surface area (Å²) in [7, 11) is 0. The van der Waals surface area contributed by atoms with E-state index in [4.69, 9.17) is 5.73 Å². The topological polar surface area (TPSA) is 46.3 Å². The van der Waals surface area contributed by atoms with Crippen molar-refractivity contribution in [3.8, 4) is 0 Å². The van der Waals surface area contributed by atoms with Crippen molar-refractivity contribution in [1.82, 2.24) is 0 Å². The van der Waals surface area contributed by atoms with Crippen LogP contribution in [-0.4, -0.2) is 18.0 Å². The van der Waals surface area contributed by atoms with Crippen molar-refractivity contribution in [2.75, 3.05) is 4.90 Å². The zero-order chi connectivity index (χ0) is 11.3. The average molecular weight is 281 g/mol. The van der Waals surface area contributed by atoms with Crippen LogP contribution in [0.4, 0.5) is 5.69 Å². The van der Waals surface area contributed by atoms with Gasteiger partial charge in [0.25, 0.3) is 0 Å². The van der Waals surface area contributed by atoms with Gasteiger partial charge in [-0.2, -0.15) is 0 Å². The molecule has 0 saturated carbocycles. The van der Waals surface area contributed by atoms with Gasteiger partial charge in [0.2, 0.25) is 5.91 Å². The summed E-state index contributed by atoms with van der Waals surface area (Å²) in [6, 6.07) is 6.31. The maximum Gasteiger partial charge on any atom is 0.228 e. The van der Waals surface area contributed by atoms with Gasteiger partial charge < -0.3 is 10.6 Å². The Balaban J connectivity index is 2.09. The Labute approximate surface area is 103 Å². The van der Waals surface area contributed by atoms with Crippen molar-refractivity contribution < 1.29 is 4.79 Å². The van der Waals surface area contributed by atoms with Crippen LogP contribution in [0.15, 0.2) is 22.7 Å². The maximum atomic E-state index is 11.9. The summed E-state index contributed by atoms with van der Waals surface area (Å²) in [5.74, 6) is 0.167. The monoisotopic (exact) mass is 280 g/mol. The third-order valence-corrected chi connectivity index (χ3v) is 4.01. The average Bonchev–Trinajstić information content (AvgIpc) is 2.54. The SMILES string of the molecule is NC1CC(=O)N2c3ccc(Br)cc3CCC12. The van der Waals surface area contributed by atoms with E-state index in [0.717, 1.165) is 23.0 Å². The first-order chi connectivity index (χ1) is 7.66. The second-order valence-electron chi connectivity index (χ2n) is 4.51. The zero-order valence-electron chi connectivity index (χ0n) is 8.82. The molecule has 4 heteroatoms. The summed E-state index contributed by atoms with van der Waals surface area (Å²) >= 11 is 3.46. The molecule has 0 radical (unpaired) electrons. The van der Waals surface area contributed by atoms with Gasteiger partial charge in [-0.25, -0.2) is 0 Å². The number of benzene rings is 1. The molecule has 3 rings (SSSR count). The smallest absolute Gasteiger partial charge is 0.228 e. The first-order valence-corrected chi connectivity index (χ1v) is 6.32. The molecule has 1 amide bonds. The Morgan fingerprint density at radius 3 is 3.06 bits per heavy atom. The lowest BCUT2D eigenvalue weighted by atomic mass is 9.95. The van der Waals surface area contributed by atoms with Crippen LogP contribution < -0.4 is 10.6 Å². The van der Waals surface area contributed by atoms with E-state index in [1.807, 2.05) is 17.0 Å². The van der Waals surface area contributed by atoms with Crippen LogP contribution >= 0.6 is 15.9 Å². The Morgan fingerprint density at radius 2 is 2.25 bits per heavy atom. The molecule has 1 saturated heterocycles. The van der Waals surface area contributed by atoms with Crippen LogP contribution in [0.3, 0.4) is 0 Å². The highest BCUT2D eigenvalue weighted by Crippen LogP contribution is 2.37. The molecule has 3 nitrogen and oxygen atoms in total. The number of amides is 1. The number of anilines is 1. The van der Waals surface area contributed by atoms with Crippen molar-refractivity contribution in [2.45, 2.75) is 31.3 Å². The second-order valence-corrected chi connectivity index (χ2v) is 5.43. The molecule has 2 aliphatic heterocycles. The fourth-order valence-corrected chi connectivity index (χ4v) is 3.17. The van der Waals surface area contributed by atoms with Gasteiger partial charge in [-0.3, -0.25) is 4.79 Å². The van der Waals surface area contributed by atoms with Gasteiger partial charge in [0.1, 0.15) is 0 Å². The number of carbonyl (C=O) groups excluding carboxylic acids is 1. The molecule has 84 valence electrons. The first kappa shape index (κ1) is 10.3. The Morgan fingerprint density at radius 1 is 1.44 bits per heavy atom. The molecular weight excluding hydrogens is 268 g/mol. The summed E-state index contributed by atoms with van der Waals surface area (Å²) in [4.78, 5) is 13.8. The normalized spacial score (nSPS) is 27.9. The number of fused-ring (bicyclic) bond motifs is 3. The third kappa shape index (κ3) is 1.40. The van der Waals surface area contributed by atoms with Crippen LogP contribution in [0.2, 0.25) is 0 Å². The number of nitrogens with zero attached hydrogens (tertiary/aromatic N) is 1. The summed E-state index contributed by atoms with van der Waals surface area (Å²) in [6.07, 6.45) is 2.48.